The van der Waals surface area contributed by atoms with Crippen molar-refractivity contribution in [3.63, 3.8) is 0 Å². The van der Waals surface area contributed by atoms with Gasteiger partial charge in [-0.05, 0) is 30.7 Å². The maximum absolute atomic E-state index is 11.8. The van der Waals surface area contributed by atoms with E-state index in [-0.39, 0.29) is 5.91 Å². The van der Waals surface area contributed by atoms with Gasteiger partial charge in [0.05, 0.1) is 6.33 Å². The lowest BCUT2D eigenvalue weighted by molar-refractivity contribution is -0.116. The molecule has 0 fully saturated rings. The number of rotatable bonds is 4. The molecule has 4 nitrogen and oxygen atoms in total. The molecule has 2 rings (SSSR count). The maximum atomic E-state index is 11.8. The van der Waals surface area contributed by atoms with Gasteiger partial charge in [-0.15, -0.1) is 0 Å². The van der Waals surface area contributed by atoms with Gasteiger partial charge < -0.3 is 9.88 Å². The Morgan fingerprint density at radius 2 is 2.33 bits per heavy atom. The summed E-state index contributed by atoms with van der Waals surface area (Å²) in [5, 5.41) is 2.91. The minimum atomic E-state index is 0.00845. The van der Waals surface area contributed by atoms with Gasteiger partial charge in [-0.25, -0.2) is 4.98 Å². The first-order chi connectivity index (χ1) is 8.65. The van der Waals surface area contributed by atoms with E-state index in [0.29, 0.717) is 13.0 Å². The van der Waals surface area contributed by atoms with Gasteiger partial charge in [0, 0.05) is 35.5 Å². The van der Waals surface area contributed by atoms with Crippen LogP contribution in [0.2, 0.25) is 0 Å². The number of hydrogen-bond acceptors (Lipinski definition) is 2. The van der Waals surface area contributed by atoms with Crippen LogP contribution in [0.3, 0.4) is 0 Å². The number of halogens is 1. The molecule has 94 valence electrons. The van der Waals surface area contributed by atoms with Crippen molar-refractivity contribution in [1.82, 2.24) is 9.55 Å². The van der Waals surface area contributed by atoms with Crippen LogP contribution in [0.15, 0.2) is 41.4 Å². The van der Waals surface area contributed by atoms with Crippen LogP contribution in [-0.4, -0.2) is 15.5 Å². The number of aryl methyl sites for hydroxylation is 2. The van der Waals surface area contributed by atoms with E-state index in [9.17, 15) is 4.79 Å². The molecular weight excluding hydrogens is 294 g/mol. The number of anilines is 1. The van der Waals surface area contributed by atoms with Crippen molar-refractivity contribution in [3.05, 3.63) is 47.0 Å². The molecule has 0 radical (unpaired) electrons. The molecule has 18 heavy (non-hydrogen) atoms. The van der Waals surface area contributed by atoms with E-state index in [2.05, 4.69) is 26.2 Å². The molecule has 5 heteroatoms. The summed E-state index contributed by atoms with van der Waals surface area (Å²) in [6.45, 7) is 2.61. The summed E-state index contributed by atoms with van der Waals surface area (Å²) >= 11 is 3.40. The van der Waals surface area contributed by atoms with Gasteiger partial charge >= 0.3 is 0 Å². The van der Waals surface area contributed by atoms with E-state index < -0.39 is 0 Å². The molecule has 0 aliphatic heterocycles. The highest BCUT2D eigenvalue weighted by Gasteiger charge is 2.05. The molecule has 1 aromatic heterocycles. The van der Waals surface area contributed by atoms with E-state index in [4.69, 9.17) is 0 Å². The predicted octanol–water partition coefficient (Wildman–Crippen LogP) is 2.98. The van der Waals surface area contributed by atoms with E-state index in [0.717, 1.165) is 15.7 Å². The van der Waals surface area contributed by atoms with Gasteiger partial charge in [0.25, 0.3) is 0 Å². The second kappa shape index (κ2) is 5.82. The molecule has 2 aromatic rings. The Hall–Kier alpha value is -1.62. The van der Waals surface area contributed by atoms with E-state index in [1.165, 1.54) is 0 Å². The quantitative estimate of drug-likeness (QED) is 0.944. The molecule has 0 aliphatic rings. The smallest absolute Gasteiger partial charge is 0.226 e. The van der Waals surface area contributed by atoms with Crippen molar-refractivity contribution in [2.75, 3.05) is 5.32 Å². The normalized spacial score (nSPS) is 10.3. The van der Waals surface area contributed by atoms with E-state index in [1.54, 1.807) is 12.5 Å². The molecule has 1 amide bonds. The van der Waals surface area contributed by atoms with Crippen molar-refractivity contribution < 1.29 is 4.79 Å². The number of carbonyl (C=O) groups is 1. The molecule has 0 saturated carbocycles. The Morgan fingerprint density at radius 1 is 1.50 bits per heavy atom. The Bertz CT molecular complexity index is 537. The zero-order chi connectivity index (χ0) is 13.0. The molecule has 0 atom stereocenters. The number of nitrogens with zero attached hydrogens (tertiary/aromatic N) is 2. The first-order valence-electron chi connectivity index (χ1n) is 5.67. The van der Waals surface area contributed by atoms with Gasteiger partial charge in [0.2, 0.25) is 5.91 Å². The van der Waals surface area contributed by atoms with Crippen LogP contribution in [0, 0.1) is 6.92 Å². The number of carbonyl (C=O) groups excluding carboxylic acids is 1. The fraction of sp³-hybridized carbons (Fsp3) is 0.231. The van der Waals surface area contributed by atoms with Gasteiger partial charge in [0.15, 0.2) is 0 Å². The van der Waals surface area contributed by atoms with Crippen LogP contribution in [0.1, 0.15) is 12.0 Å². The minimum absolute atomic E-state index is 0.00845. The van der Waals surface area contributed by atoms with Crippen LogP contribution in [0.25, 0.3) is 0 Å². The molecule has 1 aromatic carbocycles. The van der Waals surface area contributed by atoms with Crippen LogP contribution in [-0.2, 0) is 11.3 Å². The average Bonchev–Trinajstić information content (AvgIpc) is 2.83. The molecule has 0 bridgehead atoms. The first-order valence-corrected chi connectivity index (χ1v) is 6.46. The van der Waals surface area contributed by atoms with Gasteiger partial charge in [-0.1, -0.05) is 15.9 Å². The fourth-order valence-electron chi connectivity index (χ4n) is 1.63. The zero-order valence-corrected chi connectivity index (χ0v) is 11.6. The second-order valence-corrected chi connectivity index (χ2v) is 4.97. The summed E-state index contributed by atoms with van der Waals surface area (Å²) in [6, 6.07) is 5.79. The Balaban J connectivity index is 1.91. The van der Waals surface area contributed by atoms with E-state index >= 15 is 0 Å². The predicted molar refractivity (Wildman–Crippen MR) is 74.4 cm³/mol. The van der Waals surface area contributed by atoms with Crippen molar-refractivity contribution in [3.8, 4) is 0 Å². The third-order valence-corrected chi connectivity index (χ3v) is 3.11. The van der Waals surface area contributed by atoms with Crippen LogP contribution in [0.4, 0.5) is 5.69 Å². The molecule has 0 saturated heterocycles. The fourth-order valence-corrected chi connectivity index (χ4v) is 2.11. The number of imidazole rings is 1. The van der Waals surface area contributed by atoms with Crippen molar-refractivity contribution in [2.45, 2.75) is 19.9 Å². The lowest BCUT2D eigenvalue weighted by Crippen LogP contribution is -2.14. The number of hydrogen-bond donors (Lipinski definition) is 1. The highest BCUT2D eigenvalue weighted by atomic mass is 79.9. The number of nitrogens with one attached hydrogen (secondary N) is 1. The van der Waals surface area contributed by atoms with Gasteiger partial charge in [-0.3, -0.25) is 4.79 Å². The molecule has 0 unspecified atom stereocenters. The molecule has 0 spiro atoms. The third-order valence-electron chi connectivity index (χ3n) is 2.62. The minimum Gasteiger partial charge on any atom is -0.337 e. The molecule has 0 aliphatic carbocycles. The van der Waals surface area contributed by atoms with Crippen LogP contribution in [0.5, 0.6) is 0 Å². The highest BCUT2D eigenvalue weighted by molar-refractivity contribution is 9.10. The summed E-state index contributed by atoms with van der Waals surface area (Å²) in [7, 11) is 0. The van der Waals surface area contributed by atoms with Crippen LogP contribution < -0.4 is 5.32 Å². The third kappa shape index (κ3) is 3.43. The zero-order valence-electron chi connectivity index (χ0n) is 10.1. The largest absolute Gasteiger partial charge is 0.337 e. The Labute approximate surface area is 114 Å². The standard InChI is InChI=1S/C13H14BrN3O/c1-10-8-11(14)2-3-12(10)16-13(18)4-6-17-7-5-15-9-17/h2-3,5,7-9H,4,6H2,1H3,(H,16,18). The molecule has 1 N–H and O–H groups in total. The average molecular weight is 308 g/mol. The first kappa shape index (κ1) is 12.8. The monoisotopic (exact) mass is 307 g/mol. The summed E-state index contributed by atoms with van der Waals surface area (Å²) in [4.78, 5) is 15.7. The summed E-state index contributed by atoms with van der Waals surface area (Å²) in [5.41, 5.74) is 1.90. The Morgan fingerprint density at radius 3 is 3.00 bits per heavy atom. The lowest BCUT2D eigenvalue weighted by Gasteiger charge is -2.09. The van der Waals surface area contributed by atoms with Gasteiger partial charge in [-0.2, -0.15) is 0 Å². The topological polar surface area (TPSA) is 46.9 Å². The van der Waals surface area contributed by atoms with Crippen molar-refractivity contribution in [2.24, 2.45) is 0 Å². The maximum Gasteiger partial charge on any atom is 0.226 e. The summed E-state index contributed by atoms with van der Waals surface area (Å²) < 4.78 is 2.89. The molecular formula is C13H14BrN3O. The van der Waals surface area contributed by atoms with E-state index in [1.807, 2.05) is 35.9 Å². The van der Waals surface area contributed by atoms with Crippen molar-refractivity contribution >= 4 is 27.5 Å². The lowest BCUT2D eigenvalue weighted by atomic mass is 10.2. The Kier molecular flexibility index (Phi) is 4.15. The second-order valence-electron chi connectivity index (χ2n) is 4.06. The summed E-state index contributed by atoms with van der Waals surface area (Å²) in [6.07, 6.45) is 5.69. The van der Waals surface area contributed by atoms with Crippen molar-refractivity contribution in [1.29, 1.82) is 0 Å². The van der Waals surface area contributed by atoms with Crippen LogP contribution >= 0.6 is 15.9 Å². The van der Waals surface area contributed by atoms with Gasteiger partial charge in [0.1, 0.15) is 0 Å². The SMILES string of the molecule is Cc1cc(Br)ccc1NC(=O)CCn1ccnc1. The summed E-state index contributed by atoms with van der Waals surface area (Å²) in [5.74, 6) is 0.00845. The number of benzene rings is 1. The highest BCUT2D eigenvalue weighted by Crippen LogP contribution is 2.20. The number of amides is 1. The molecule has 1 heterocycles. The number of aromatic nitrogens is 2.